The van der Waals surface area contributed by atoms with Gasteiger partial charge in [-0.2, -0.15) is 0 Å². The Balaban J connectivity index is 1.05. The van der Waals surface area contributed by atoms with Crippen LogP contribution in [0.3, 0.4) is 0 Å². The molecule has 0 aromatic carbocycles. The summed E-state index contributed by atoms with van der Waals surface area (Å²) in [7, 11) is -3.16. The highest BCUT2D eigenvalue weighted by Crippen LogP contribution is 2.89. The molecule has 1 spiro atoms. The Kier molecular flexibility index (Phi) is 3.51. The molecular weight excluding hydrogens is 360 g/mol. The summed E-state index contributed by atoms with van der Waals surface area (Å²) in [6.07, 6.45) is 11.5. The van der Waals surface area contributed by atoms with Gasteiger partial charge in [0.15, 0.2) is 0 Å². The fourth-order valence-electron chi connectivity index (χ4n) is 8.49. The van der Waals surface area contributed by atoms with Crippen LogP contribution in [0.25, 0.3) is 0 Å². The van der Waals surface area contributed by atoms with Crippen LogP contribution in [0.15, 0.2) is 0 Å². The number of carbonyl (C=O) groups excluding carboxylic acids is 1. The molecule has 27 heavy (non-hydrogen) atoms. The summed E-state index contributed by atoms with van der Waals surface area (Å²) >= 11 is 0. The molecule has 5 nitrogen and oxygen atoms in total. The van der Waals surface area contributed by atoms with E-state index in [4.69, 9.17) is 0 Å². The minimum Gasteiger partial charge on any atom is -0.350 e. The molecule has 5 saturated carbocycles. The third kappa shape index (κ3) is 2.04. The highest BCUT2D eigenvalue weighted by molar-refractivity contribution is 7.89. The first-order valence-electron chi connectivity index (χ1n) is 11.3. The molecule has 6 fully saturated rings. The Labute approximate surface area is 162 Å². The predicted octanol–water partition coefficient (Wildman–Crippen LogP) is 2.67. The maximum atomic E-state index is 12.9. The Morgan fingerprint density at radius 1 is 1.00 bits per heavy atom. The topological polar surface area (TPSA) is 66.5 Å². The average Bonchev–Trinajstić information content (AvgIpc) is 3.05. The predicted molar refractivity (Wildman–Crippen MR) is 102 cm³/mol. The van der Waals surface area contributed by atoms with Gasteiger partial charge in [0.05, 0.1) is 5.25 Å². The summed E-state index contributed by atoms with van der Waals surface area (Å²) in [6.45, 7) is 1.16. The van der Waals surface area contributed by atoms with E-state index in [-0.39, 0.29) is 22.6 Å². The molecule has 150 valence electrons. The lowest BCUT2D eigenvalue weighted by Crippen LogP contribution is -2.92. The summed E-state index contributed by atoms with van der Waals surface area (Å²) in [5.74, 6) is 3.08. The highest BCUT2D eigenvalue weighted by Gasteiger charge is 2.88. The van der Waals surface area contributed by atoms with Crippen molar-refractivity contribution in [1.29, 1.82) is 0 Å². The maximum Gasteiger partial charge on any atom is 0.220 e. The van der Waals surface area contributed by atoms with Crippen LogP contribution >= 0.6 is 0 Å². The molecule has 5 unspecified atom stereocenters. The standard InChI is InChI=1S/C21H32N2O3S/c24-19(22-20-11-16-9-15-10-17(12-20)21(15,16)20)8-14-6-7-23(13-14)27(25,26)18-4-2-1-3-5-18/h14-18H,1-13H2,(H,22,24)/t14?,15?,16-,17?,20?,21?/m1/s1. The van der Waals surface area contributed by atoms with E-state index in [9.17, 15) is 13.2 Å². The van der Waals surface area contributed by atoms with E-state index in [0.29, 0.717) is 24.9 Å². The van der Waals surface area contributed by atoms with E-state index in [2.05, 4.69) is 5.32 Å². The van der Waals surface area contributed by atoms with Gasteiger partial charge < -0.3 is 5.32 Å². The van der Waals surface area contributed by atoms with Gasteiger partial charge in [-0.25, -0.2) is 12.7 Å². The van der Waals surface area contributed by atoms with Crippen molar-refractivity contribution in [2.45, 2.75) is 81.4 Å². The van der Waals surface area contributed by atoms with Crippen LogP contribution in [0.4, 0.5) is 0 Å². The zero-order valence-corrected chi connectivity index (χ0v) is 17.0. The zero-order valence-electron chi connectivity index (χ0n) is 16.2. The lowest BCUT2D eigenvalue weighted by atomic mass is 9.15. The second kappa shape index (κ2) is 5.50. The number of amides is 1. The van der Waals surface area contributed by atoms with E-state index in [1.54, 1.807) is 4.31 Å². The summed E-state index contributed by atoms with van der Waals surface area (Å²) in [5.41, 5.74) is 0.668. The smallest absolute Gasteiger partial charge is 0.220 e. The maximum absolute atomic E-state index is 12.9. The van der Waals surface area contributed by atoms with Crippen molar-refractivity contribution >= 4 is 15.9 Å². The normalized spacial score (nSPS) is 48.3. The minimum atomic E-state index is -3.16. The lowest BCUT2D eigenvalue weighted by molar-refractivity contribution is -0.394. The van der Waals surface area contributed by atoms with Crippen molar-refractivity contribution in [3.8, 4) is 0 Å². The van der Waals surface area contributed by atoms with Gasteiger partial charge in [0.1, 0.15) is 0 Å². The Morgan fingerprint density at radius 2 is 1.70 bits per heavy atom. The second-order valence-electron chi connectivity index (χ2n) is 10.6. The van der Waals surface area contributed by atoms with Crippen LogP contribution in [0.5, 0.6) is 0 Å². The molecule has 6 aliphatic rings. The van der Waals surface area contributed by atoms with Crippen molar-refractivity contribution in [2.24, 2.45) is 29.1 Å². The number of rotatable bonds is 5. The molecule has 0 radical (unpaired) electrons. The average molecular weight is 393 g/mol. The molecule has 1 heterocycles. The molecule has 0 bridgehead atoms. The second-order valence-corrected chi connectivity index (χ2v) is 12.8. The van der Waals surface area contributed by atoms with Gasteiger partial charge in [0, 0.05) is 30.5 Å². The van der Waals surface area contributed by atoms with Gasteiger partial charge in [-0.3, -0.25) is 4.79 Å². The lowest BCUT2D eigenvalue weighted by Gasteiger charge is -2.91. The molecule has 6 rings (SSSR count). The van der Waals surface area contributed by atoms with Crippen molar-refractivity contribution in [1.82, 2.24) is 9.62 Å². The highest BCUT2D eigenvalue weighted by atomic mass is 32.2. The van der Waals surface area contributed by atoms with Crippen molar-refractivity contribution in [3.05, 3.63) is 0 Å². The molecule has 1 aliphatic heterocycles. The largest absolute Gasteiger partial charge is 0.350 e. The molecule has 1 N–H and O–H groups in total. The molecule has 6 atom stereocenters. The van der Waals surface area contributed by atoms with Gasteiger partial charge in [-0.15, -0.1) is 0 Å². The van der Waals surface area contributed by atoms with E-state index in [0.717, 1.165) is 49.9 Å². The molecule has 0 aromatic heterocycles. The van der Waals surface area contributed by atoms with Crippen LogP contribution in [0.1, 0.15) is 70.6 Å². The van der Waals surface area contributed by atoms with Crippen LogP contribution in [0, 0.1) is 29.1 Å². The third-order valence-electron chi connectivity index (χ3n) is 9.62. The van der Waals surface area contributed by atoms with E-state index < -0.39 is 10.0 Å². The third-order valence-corrected chi connectivity index (χ3v) is 12.0. The summed E-state index contributed by atoms with van der Waals surface area (Å²) in [4.78, 5) is 12.8. The van der Waals surface area contributed by atoms with Crippen LogP contribution in [-0.4, -0.2) is 42.5 Å². The van der Waals surface area contributed by atoms with Crippen molar-refractivity contribution in [3.63, 3.8) is 0 Å². The summed E-state index contributed by atoms with van der Waals surface area (Å²) in [5, 5.41) is 3.27. The van der Waals surface area contributed by atoms with Gasteiger partial charge in [-0.05, 0) is 68.6 Å². The first-order valence-corrected chi connectivity index (χ1v) is 12.8. The van der Waals surface area contributed by atoms with Crippen molar-refractivity contribution < 1.29 is 13.2 Å². The number of nitrogens with zero attached hydrogens (tertiary/aromatic N) is 1. The Morgan fingerprint density at radius 3 is 2.33 bits per heavy atom. The molecule has 0 aromatic rings. The van der Waals surface area contributed by atoms with Crippen LogP contribution < -0.4 is 5.32 Å². The first-order chi connectivity index (χ1) is 13.0. The number of carbonyl (C=O) groups is 1. The van der Waals surface area contributed by atoms with E-state index >= 15 is 0 Å². The van der Waals surface area contributed by atoms with E-state index in [1.807, 2.05) is 0 Å². The molecule has 1 saturated heterocycles. The number of hydrogen-bond acceptors (Lipinski definition) is 3. The SMILES string of the molecule is O=C(CC1CCN(S(=O)(=O)C2CCCCC2)C1)NC12CC3CC4C[C@H](C1)C432. The fourth-order valence-corrected chi connectivity index (χ4v) is 10.6. The van der Waals surface area contributed by atoms with Crippen LogP contribution in [-0.2, 0) is 14.8 Å². The van der Waals surface area contributed by atoms with E-state index in [1.165, 1.54) is 32.1 Å². The molecule has 6 heteroatoms. The monoisotopic (exact) mass is 392 g/mol. The Bertz CT molecular complexity index is 747. The fraction of sp³-hybridized carbons (Fsp3) is 0.952. The molecule has 1 amide bonds. The van der Waals surface area contributed by atoms with Crippen molar-refractivity contribution in [2.75, 3.05) is 13.1 Å². The van der Waals surface area contributed by atoms with Gasteiger partial charge in [0.25, 0.3) is 0 Å². The molecule has 5 aliphatic carbocycles. The molecular formula is C21H32N2O3S. The first kappa shape index (κ1) is 17.3. The number of sulfonamides is 1. The van der Waals surface area contributed by atoms with Crippen LogP contribution in [0.2, 0.25) is 0 Å². The summed E-state index contributed by atoms with van der Waals surface area (Å²) in [6, 6.07) is 0. The minimum absolute atomic E-state index is 0.146. The number of nitrogens with one attached hydrogen (secondary N) is 1. The quantitative estimate of drug-likeness (QED) is 0.782. The van der Waals surface area contributed by atoms with Gasteiger partial charge >= 0.3 is 0 Å². The summed E-state index contributed by atoms with van der Waals surface area (Å²) < 4.78 is 27.5. The Hall–Kier alpha value is -0.620. The van der Waals surface area contributed by atoms with Gasteiger partial charge in [-0.1, -0.05) is 19.3 Å². The van der Waals surface area contributed by atoms with Gasteiger partial charge in [0.2, 0.25) is 15.9 Å². The zero-order chi connectivity index (χ0) is 18.4. The number of hydrogen-bond donors (Lipinski definition) is 1.